The quantitative estimate of drug-likeness (QED) is 0.820. The molecule has 1 aromatic rings. The second kappa shape index (κ2) is 4.19. The van der Waals surface area contributed by atoms with Gasteiger partial charge in [-0.25, -0.2) is 0 Å². The normalized spacial score (nSPS) is 34.2. The van der Waals surface area contributed by atoms with Gasteiger partial charge in [0, 0.05) is 18.6 Å². The smallest absolute Gasteiger partial charge is 0.0570 e. The molecule has 3 atom stereocenters. The van der Waals surface area contributed by atoms with E-state index in [0.717, 1.165) is 19.4 Å². The Labute approximate surface area is 96.9 Å². The van der Waals surface area contributed by atoms with E-state index in [1.807, 2.05) is 0 Å². The topological polar surface area (TPSA) is 23.5 Å². The molecule has 0 radical (unpaired) electrons. The summed E-state index contributed by atoms with van der Waals surface area (Å²) in [6.45, 7) is 1.06. The van der Waals surface area contributed by atoms with Crippen LogP contribution >= 0.6 is 0 Å². The van der Waals surface area contributed by atoms with Crippen molar-refractivity contribution in [3.8, 4) is 0 Å². The molecule has 1 aromatic carbocycles. The van der Waals surface area contributed by atoms with Gasteiger partial charge in [-0.15, -0.1) is 0 Å². The second-order valence-electron chi connectivity index (χ2n) is 5.17. The highest BCUT2D eigenvalue weighted by atomic mass is 16.3. The zero-order valence-electron chi connectivity index (χ0n) is 9.55. The molecular formula is C14H19NO. The van der Waals surface area contributed by atoms with Gasteiger partial charge in [-0.05, 0) is 31.2 Å². The van der Waals surface area contributed by atoms with E-state index in [9.17, 15) is 5.11 Å². The summed E-state index contributed by atoms with van der Waals surface area (Å²) in [5.41, 5.74) is 1.40. The van der Waals surface area contributed by atoms with Gasteiger partial charge in [0.15, 0.2) is 0 Å². The third-order valence-electron chi connectivity index (χ3n) is 4.07. The fourth-order valence-electron chi connectivity index (χ4n) is 3.30. The Kier molecular flexibility index (Phi) is 2.70. The number of hydrogen-bond donors (Lipinski definition) is 1. The maximum Gasteiger partial charge on any atom is 0.0570 e. The van der Waals surface area contributed by atoms with E-state index in [2.05, 4.69) is 35.2 Å². The number of fused-ring (bicyclic) bond motifs is 2. The van der Waals surface area contributed by atoms with Crippen LogP contribution in [-0.2, 0) is 6.54 Å². The van der Waals surface area contributed by atoms with E-state index in [1.165, 1.54) is 18.4 Å². The highest BCUT2D eigenvalue weighted by Gasteiger charge is 2.39. The van der Waals surface area contributed by atoms with E-state index in [0.29, 0.717) is 12.1 Å². The van der Waals surface area contributed by atoms with Gasteiger partial charge in [0.1, 0.15) is 0 Å². The fourth-order valence-corrected chi connectivity index (χ4v) is 3.30. The van der Waals surface area contributed by atoms with Gasteiger partial charge in [0.25, 0.3) is 0 Å². The molecule has 0 aromatic heterocycles. The minimum Gasteiger partial charge on any atom is -0.393 e. The maximum absolute atomic E-state index is 9.75. The lowest BCUT2D eigenvalue weighted by Crippen LogP contribution is -2.43. The summed E-state index contributed by atoms with van der Waals surface area (Å²) in [4.78, 5) is 2.60. The molecule has 2 fully saturated rings. The first kappa shape index (κ1) is 10.3. The number of piperidine rings is 1. The van der Waals surface area contributed by atoms with E-state index in [1.54, 1.807) is 0 Å². The summed E-state index contributed by atoms with van der Waals surface area (Å²) in [6.07, 6.45) is 4.44. The maximum atomic E-state index is 9.75. The van der Waals surface area contributed by atoms with Crippen LogP contribution in [0.2, 0.25) is 0 Å². The number of benzene rings is 1. The van der Waals surface area contributed by atoms with Crippen molar-refractivity contribution in [3.05, 3.63) is 35.9 Å². The molecule has 0 saturated carbocycles. The third-order valence-corrected chi connectivity index (χ3v) is 4.07. The van der Waals surface area contributed by atoms with Gasteiger partial charge in [0.05, 0.1) is 6.10 Å². The van der Waals surface area contributed by atoms with E-state index in [4.69, 9.17) is 0 Å². The molecule has 16 heavy (non-hydrogen) atoms. The third kappa shape index (κ3) is 1.87. The number of aliphatic hydroxyl groups is 1. The lowest BCUT2D eigenvalue weighted by atomic mass is 9.99. The van der Waals surface area contributed by atoms with Crippen molar-refractivity contribution >= 4 is 0 Å². The summed E-state index contributed by atoms with van der Waals surface area (Å²) in [7, 11) is 0. The Morgan fingerprint density at radius 1 is 1.06 bits per heavy atom. The highest BCUT2D eigenvalue weighted by molar-refractivity contribution is 5.15. The van der Waals surface area contributed by atoms with Crippen LogP contribution in [0, 0.1) is 0 Å². The van der Waals surface area contributed by atoms with Crippen LogP contribution in [-0.4, -0.2) is 28.2 Å². The summed E-state index contributed by atoms with van der Waals surface area (Å²) in [5.74, 6) is 0. The van der Waals surface area contributed by atoms with Crippen molar-refractivity contribution < 1.29 is 5.11 Å². The van der Waals surface area contributed by atoms with Gasteiger partial charge in [-0.2, -0.15) is 0 Å². The average molecular weight is 217 g/mol. The predicted molar refractivity (Wildman–Crippen MR) is 64.0 cm³/mol. The first-order chi connectivity index (χ1) is 7.83. The number of rotatable bonds is 2. The van der Waals surface area contributed by atoms with Crippen molar-refractivity contribution in [2.24, 2.45) is 0 Å². The van der Waals surface area contributed by atoms with Crippen LogP contribution in [0.3, 0.4) is 0 Å². The molecule has 1 N–H and O–H groups in total. The van der Waals surface area contributed by atoms with Crippen LogP contribution in [0.25, 0.3) is 0 Å². The molecule has 2 heterocycles. The number of nitrogens with zero attached hydrogens (tertiary/aromatic N) is 1. The zero-order valence-corrected chi connectivity index (χ0v) is 9.55. The molecule has 0 aliphatic carbocycles. The van der Waals surface area contributed by atoms with Crippen molar-refractivity contribution in [2.45, 2.75) is 50.4 Å². The number of hydrogen-bond acceptors (Lipinski definition) is 2. The molecule has 2 heteroatoms. The number of aliphatic hydroxyl groups excluding tert-OH is 1. The Morgan fingerprint density at radius 3 is 2.31 bits per heavy atom. The van der Waals surface area contributed by atoms with Crippen LogP contribution in [0.1, 0.15) is 31.2 Å². The SMILES string of the molecule is OC1CC2CC[C@H](C1)N2Cc1ccccc1. The van der Waals surface area contributed by atoms with Gasteiger partial charge >= 0.3 is 0 Å². The van der Waals surface area contributed by atoms with E-state index in [-0.39, 0.29) is 6.10 Å². The molecule has 3 rings (SSSR count). The van der Waals surface area contributed by atoms with Crippen molar-refractivity contribution in [2.75, 3.05) is 0 Å². The van der Waals surface area contributed by atoms with E-state index >= 15 is 0 Å². The van der Waals surface area contributed by atoms with Crippen LogP contribution < -0.4 is 0 Å². The van der Waals surface area contributed by atoms with Crippen LogP contribution in [0.15, 0.2) is 30.3 Å². The Bertz CT molecular complexity index is 337. The summed E-state index contributed by atoms with van der Waals surface area (Å²) >= 11 is 0. The molecular weight excluding hydrogens is 198 g/mol. The molecule has 2 aliphatic rings. The van der Waals surface area contributed by atoms with Crippen molar-refractivity contribution in [1.29, 1.82) is 0 Å². The molecule has 0 spiro atoms. The molecule has 2 aliphatic heterocycles. The second-order valence-corrected chi connectivity index (χ2v) is 5.17. The summed E-state index contributed by atoms with van der Waals surface area (Å²) in [5, 5.41) is 9.75. The van der Waals surface area contributed by atoms with Crippen molar-refractivity contribution in [1.82, 2.24) is 4.90 Å². The molecule has 0 amide bonds. The van der Waals surface area contributed by atoms with Gasteiger partial charge in [-0.3, -0.25) is 4.90 Å². The Hall–Kier alpha value is -0.860. The van der Waals surface area contributed by atoms with Gasteiger partial charge in [0.2, 0.25) is 0 Å². The average Bonchev–Trinajstić information content (AvgIpc) is 2.54. The standard InChI is InChI=1S/C14H19NO/c16-14-8-12-6-7-13(9-14)15(12)10-11-4-2-1-3-5-11/h1-5,12-14,16H,6-10H2/t12-,13?,14?/m1/s1. The monoisotopic (exact) mass is 217 g/mol. The summed E-state index contributed by atoms with van der Waals surface area (Å²) < 4.78 is 0. The molecule has 2 nitrogen and oxygen atoms in total. The lowest BCUT2D eigenvalue weighted by Gasteiger charge is -2.37. The first-order valence-corrected chi connectivity index (χ1v) is 6.30. The van der Waals surface area contributed by atoms with Crippen LogP contribution in [0.5, 0.6) is 0 Å². The Morgan fingerprint density at radius 2 is 1.69 bits per heavy atom. The molecule has 2 saturated heterocycles. The minimum atomic E-state index is -0.0514. The van der Waals surface area contributed by atoms with Gasteiger partial charge in [-0.1, -0.05) is 30.3 Å². The van der Waals surface area contributed by atoms with E-state index < -0.39 is 0 Å². The largest absolute Gasteiger partial charge is 0.393 e. The predicted octanol–water partition coefficient (Wildman–Crippen LogP) is 2.17. The lowest BCUT2D eigenvalue weighted by molar-refractivity contribution is 0.0310. The zero-order chi connectivity index (χ0) is 11.0. The van der Waals surface area contributed by atoms with Crippen LogP contribution in [0.4, 0.5) is 0 Å². The minimum absolute atomic E-state index is 0.0514. The highest BCUT2D eigenvalue weighted by Crippen LogP contribution is 2.36. The van der Waals surface area contributed by atoms with Crippen molar-refractivity contribution in [3.63, 3.8) is 0 Å². The molecule has 2 bridgehead atoms. The summed E-state index contributed by atoms with van der Waals surface area (Å²) in [6, 6.07) is 11.9. The Balaban J connectivity index is 1.72. The van der Waals surface area contributed by atoms with Gasteiger partial charge < -0.3 is 5.11 Å². The molecule has 2 unspecified atom stereocenters. The fraction of sp³-hybridized carbons (Fsp3) is 0.571. The first-order valence-electron chi connectivity index (χ1n) is 6.30. The molecule has 86 valence electrons.